The van der Waals surface area contributed by atoms with Crippen molar-refractivity contribution >= 4 is 46.6 Å². The molecule has 0 atom stereocenters. The average molecular weight is 521 g/mol. The standard InChI is InChI=1S/C26H32N8O4/c1-26(36)6-8-33(9-7-26)23-18(14-20-22(31-23)32-25(38-20)34-10-12-37-13-11-34)24(35)30-21-5-3-4-19(29-21)17(15-27)16-28-2/h3-5,14-16,36H,6-13,27H2,1-2H3,(H,29,30,35)/b17-15+,28-16?. The first-order valence-corrected chi connectivity index (χ1v) is 12.6. The van der Waals surface area contributed by atoms with Gasteiger partial charge in [-0.05, 0) is 31.9 Å². The molecule has 5 heterocycles. The van der Waals surface area contributed by atoms with Gasteiger partial charge in [-0.3, -0.25) is 9.79 Å². The van der Waals surface area contributed by atoms with Gasteiger partial charge in [-0.2, -0.15) is 4.98 Å². The molecule has 2 saturated heterocycles. The Bertz CT molecular complexity index is 1370. The van der Waals surface area contributed by atoms with E-state index in [-0.39, 0.29) is 5.91 Å². The molecule has 12 heteroatoms. The Kier molecular flexibility index (Phi) is 7.25. The van der Waals surface area contributed by atoms with E-state index in [1.807, 2.05) is 16.7 Å². The number of hydrogen-bond acceptors (Lipinski definition) is 11. The molecule has 0 bridgehead atoms. The van der Waals surface area contributed by atoms with Crippen molar-refractivity contribution in [3.63, 3.8) is 0 Å². The van der Waals surface area contributed by atoms with Gasteiger partial charge in [-0.25, -0.2) is 9.97 Å². The van der Waals surface area contributed by atoms with Gasteiger partial charge in [0.15, 0.2) is 5.58 Å². The number of allylic oxidation sites excluding steroid dienone is 1. The Morgan fingerprint density at radius 2 is 1.92 bits per heavy atom. The van der Waals surface area contributed by atoms with Gasteiger partial charge in [-0.15, -0.1) is 0 Å². The highest BCUT2D eigenvalue weighted by Gasteiger charge is 2.31. The smallest absolute Gasteiger partial charge is 0.300 e. The summed E-state index contributed by atoms with van der Waals surface area (Å²) in [5.41, 5.74) is 7.35. The van der Waals surface area contributed by atoms with Crippen LogP contribution in [0.1, 0.15) is 35.8 Å². The van der Waals surface area contributed by atoms with E-state index in [0.29, 0.717) is 97.9 Å². The largest absolute Gasteiger partial charge is 0.422 e. The quantitative estimate of drug-likeness (QED) is 0.411. The molecule has 2 fully saturated rings. The van der Waals surface area contributed by atoms with Crippen LogP contribution in [0.2, 0.25) is 0 Å². The molecule has 5 rings (SSSR count). The number of piperidine rings is 1. The van der Waals surface area contributed by atoms with Gasteiger partial charge < -0.3 is 35.1 Å². The van der Waals surface area contributed by atoms with Crippen molar-refractivity contribution in [3.8, 4) is 0 Å². The fourth-order valence-electron chi connectivity index (χ4n) is 4.52. The van der Waals surface area contributed by atoms with Crippen LogP contribution in [0.25, 0.3) is 16.8 Å². The van der Waals surface area contributed by atoms with Crippen LogP contribution < -0.4 is 20.9 Å². The minimum absolute atomic E-state index is 0.334. The SMILES string of the molecule is CN=C/C(=C\N)c1cccc(NC(=O)c2cc3oc(N4CCOCC4)nc3nc2N2CCC(C)(O)CC2)n1. The summed E-state index contributed by atoms with van der Waals surface area (Å²) < 4.78 is 11.5. The molecular weight excluding hydrogens is 488 g/mol. The molecule has 2 aliphatic rings. The van der Waals surface area contributed by atoms with Crippen LogP contribution in [-0.2, 0) is 4.74 Å². The van der Waals surface area contributed by atoms with Gasteiger partial charge in [0.25, 0.3) is 11.9 Å². The number of fused-ring (bicyclic) bond motifs is 1. The summed E-state index contributed by atoms with van der Waals surface area (Å²) in [5, 5.41) is 13.3. The van der Waals surface area contributed by atoms with Crippen LogP contribution in [-0.4, -0.2) is 84.2 Å². The maximum absolute atomic E-state index is 13.6. The lowest BCUT2D eigenvalue weighted by Gasteiger charge is -2.37. The van der Waals surface area contributed by atoms with E-state index in [1.54, 1.807) is 37.5 Å². The third kappa shape index (κ3) is 5.46. The number of anilines is 3. The van der Waals surface area contributed by atoms with Crippen molar-refractivity contribution in [2.75, 3.05) is 61.6 Å². The van der Waals surface area contributed by atoms with Gasteiger partial charge in [0.2, 0.25) is 5.65 Å². The Labute approximate surface area is 220 Å². The number of morpholine rings is 1. The number of pyridine rings is 2. The van der Waals surface area contributed by atoms with Crippen LogP contribution >= 0.6 is 0 Å². The van der Waals surface area contributed by atoms with Crippen LogP contribution in [0.3, 0.4) is 0 Å². The molecule has 38 heavy (non-hydrogen) atoms. The highest BCUT2D eigenvalue weighted by Crippen LogP contribution is 2.31. The minimum atomic E-state index is -0.749. The highest BCUT2D eigenvalue weighted by atomic mass is 16.5. The fraction of sp³-hybridized carbons (Fsp3) is 0.423. The Balaban J connectivity index is 1.49. The van der Waals surface area contributed by atoms with Crippen LogP contribution in [0.5, 0.6) is 0 Å². The number of aromatic nitrogens is 3. The number of carbonyl (C=O) groups excluding carboxylic acids is 1. The number of amides is 1. The molecule has 2 aliphatic heterocycles. The number of aliphatic imine (C=N–C) groups is 1. The van der Waals surface area contributed by atoms with E-state index in [1.165, 1.54) is 6.20 Å². The lowest BCUT2D eigenvalue weighted by atomic mass is 9.93. The molecule has 4 N–H and O–H groups in total. The van der Waals surface area contributed by atoms with Gasteiger partial charge >= 0.3 is 0 Å². The topological polar surface area (TPSA) is 155 Å². The molecule has 200 valence electrons. The second-order valence-corrected chi connectivity index (χ2v) is 9.63. The summed E-state index contributed by atoms with van der Waals surface area (Å²) in [7, 11) is 1.65. The first-order valence-electron chi connectivity index (χ1n) is 12.6. The zero-order valence-corrected chi connectivity index (χ0v) is 21.6. The normalized spacial score (nSPS) is 18.3. The van der Waals surface area contributed by atoms with E-state index < -0.39 is 5.60 Å². The van der Waals surface area contributed by atoms with Crippen molar-refractivity contribution in [2.45, 2.75) is 25.4 Å². The third-order valence-electron chi connectivity index (χ3n) is 6.75. The van der Waals surface area contributed by atoms with Crippen LogP contribution in [0, 0.1) is 0 Å². The van der Waals surface area contributed by atoms with Crippen LogP contribution in [0.4, 0.5) is 17.7 Å². The van der Waals surface area contributed by atoms with E-state index in [0.717, 1.165) is 0 Å². The molecule has 0 unspecified atom stereocenters. The number of hydrogen-bond donors (Lipinski definition) is 3. The monoisotopic (exact) mass is 520 g/mol. The number of oxazole rings is 1. The van der Waals surface area contributed by atoms with E-state index in [2.05, 4.69) is 20.3 Å². The molecule has 0 aliphatic carbocycles. The molecule has 3 aromatic heterocycles. The number of nitrogens with two attached hydrogens (primary N) is 1. The Morgan fingerprint density at radius 3 is 2.63 bits per heavy atom. The molecule has 3 aromatic rings. The summed E-state index contributed by atoms with van der Waals surface area (Å²) in [6.07, 6.45) is 4.13. The zero-order valence-electron chi connectivity index (χ0n) is 21.6. The molecule has 0 aromatic carbocycles. The third-order valence-corrected chi connectivity index (χ3v) is 6.75. The van der Waals surface area contributed by atoms with Crippen molar-refractivity contribution in [1.29, 1.82) is 0 Å². The summed E-state index contributed by atoms with van der Waals surface area (Å²) in [6.45, 7) is 5.44. The lowest BCUT2D eigenvalue weighted by molar-refractivity contribution is 0.0350. The predicted molar refractivity (Wildman–Crippen MR) is 146 cm³/mol. The number of aliphatic hydroxyl groups is 1. The second-order valence-electron chi connectivity index (χ2n) is 9.63. The Hall–Kier alpha value is -4.03. The minimum Gasteiger partial charge on any atom is -0.422 e. The zero-order chi connectivity index (χ0) is 26.7. The first kappa shape index (κ1) is 25.6. The lowest BCUT2D eigenvalue weighted by Crippen LogP contribution is -2.43. The number of nitrogens with zero attached hydrogens (tertiary/aromatic N) is 6. The predicted octanol–water partition coefficient (Wildman–Crippen LogP) is 2.06. The van der Waals surface area contributed by atoms with Gasteiger partial charge in [0.05, 0.1) is 30.1 Å². The van der Waals surface area contributed by atoms with Crippen LogP contribution in [0.15, 0.2) is 39.9 Å². The Morgan fingerprint density at radius 1 is 1.16 bits per heavy atom. The molecule has 0 radical (unpaired) electrons. The van der Waals surface area contributed by atoms with Gasteiger partial charge in [-0.1, -0.05) is 6.07 Å². The average Bonchev–Trinajstić information content (AvgIpc) is 3.35. The molecule has 0 saturated carbocycles. The number of nitrogens with one attached hydrogen (secondary N) is 1. The summed E-state index contributed by atoms with van der Waals surface area (Å²) in [6, 6.07) is 7.40. The maximum atomic E-state index is 13.6. The van der Waals surface area contributed by atoms with Crippen molar-refractivity contribution < 1.29 is 19.1 Å². The summed E-state index contributed by atoms with van der Waals surface area (Å²) >= 11 is 0. The second kappa shape index (κ2) is 10.8. The summed E-state index contributed by atoms with van der Waals surface area (Å²) in [4.78, 5) is 35.5. The first-order chi connectivity index (χ1) is 18.4. The molecule has 12 nitrogen and oxygen atoms in total. The van der Waals surface area contributed by atoms with Crippen molar-refractivity contribution in [1.82, 2.24) is 15.0 Å². The number of rotatable bonds is 6. The molecule has 0 spiro atoms. The van der Waals surface area contributed by atoms with Crippen molar-refractivity contribution in [2.24, 2.45) is 10.7 Å². The molecule has 1 amide bonds. The maximum Gasteiger partial charge on any atom is 0.300 e. The van der Waals surface area contributed by atoms with Crippen molar-refractivity contribution in [3.05, 3.63) is 41.7 Å². The molecular formula is C26H32N8O4. The summed E-state index contributed by atoms with van der Waals surface area (Å²) in [5.74, 6) is 0.461. The van der Waals surface area contributed by atoms with Gasteiger partial charge in [0.1, 0.15) is 11.6 Å². The van der Waals surface area contributed by atoms with E-state index in [4.69, 9.17) is 19.9 Å². The van der Waals surface area contributed by atoms with E-state index >= 15 is 0 Å². The fourth-order valence-corrected chi connectivity index (χ4v) is 4.52. The highest BCUT2D eigenvalue weighted by molar-refractivity contribution is 6.10. The number of carbonyl (C=O) groups is 1. The van der Waals surface area contributed by atoms with E-state index in [9.17, 15) is 9.90 Å². The van der Waals surface area contributed by atoms with Gasteiger partial charge in [0, 0.05) is 57.3 Å². The number of ether oxygens (including phenoxy) is 1.